The average Bonchev–Trinajstić information content (AvgIpc) is 2.94. The van der Waals surface area contributed by atoms with Gasteiger partial charge < -0.3 is 10.6 Å². The van der Waals surface area contributed by atoms with Crippen LogP contribution in [0.1, 0.15) is 41.0 Å². The van der Waals surface area contributed by atoms with Gasteiger partial charge in [0.05, 0.1) is 11.0 Å². The zero-order chi connectivity index (χ0) is 20.8. The summed E-state index contributed by atoms with van der Waals surface area (Å²) in [5, 5.41) is 8.54. The van der Waals surface area contributed by atoms with Crippen LogP contribution >= 0.6 is 23.6 Å². The van der Waals surface area contributed by atoms with Gasteiger partial charge in [-0.2, -0.15) is 0 Å². The predicted molar refractivity (Wildman–Crippen MR) is 130 cm³/mol. The summed E-state index contributed by atoms with van der Waals surface area (Å²) in [7, 11) is 0. The Morgan fingerprint density at radius 2 is 1.69 bits per heavy atom. The van der Waals surface area contributed by atoms with Crippen molar-refractivity contribution in [3.05, 3.63) is 42.5 Å². The third-order valence-corrected chi connectivity index (χ3v) is 5.92. The molecule has 0 atom stereocenters. The van der Waals surface area contributed by atoms with Gasteiger partial charge in [0, 0.05) is 21.3 Å². The van der Waals surface area contributed by atoms with E-state index in [4.69, 9.17) is 22.2 Å². The molecule has 29 heavy (non-hydrogen) atoms. The molecule has 4 aromatic rings. The Kier molecular flexibility index (Phi) is 4.95. The maximum Gasteiger partial charge on any atom is 0.171 e. The number of thiocarbonyl (C=S) groups is 1. The minimum absolute atomic E-state index is 0.0914. The molecular weight excluding hydrogens is 396 g/mol. The van der Waals surface area contributed by atoms with Gasteiger partial charge in [0.25, 0.3) is 0 Å². The van der Waals surface area contributed by atoms with Crippen LogP contribution in [0.4, 0.5) is 5.69 Å². The first-order valence-corrected chi connectivity index (χ1v) is 11.0. The molecule has 150 valence electrons. The van der Waals surface area contributed by atoms with Gasteiger partial charge in [-0.1, -0.05) is 32.9 Å². The van der Waals surface area contributed by atoms with Crippen LogP contribution in [0.15, 0.2) is 42.5 Å². The number of hydrogen-bond donors (Lipinski definition) is 2. The van der Waals surface area contributed by atoms with Crippen LogP contribution in [0.5, 0.6) is 0 Å². The van der Waals surface area contributed by atoms with Crippen molar-refractivity contribution in [2.24, 2.45) is 5.41 Å². The van der Waals surface area contributed by atoms with Gasteiger partial charge in [-0.25, -0.2) is 9.97 Å². The zero-order valence-electron chi connectivity index (χ0n) is 17.5. The monoisotopic (exact) mass is 422 g/mol. The van der Waals surface area contributed by atoms with Gasteiger partial charge in [0.1, 0.15) is 10.3 Å². The van der Waals surface area contributed by atoms with Crippen molar-refractivity contribution < 1.29 is 0 Å². The van der Waals surface area contributed by atoms with Crippen molar-refractivity contribution in [2.45, 2.75) is 46.6 Å². The molecule has 0 radical (unpaired) electrons. The van der Waals surface area contributed by atoms with E-state index in [9.17, 15) is 0 Å². The van der Waals surface area contributed by atoms with E-state index in [0.29, 0.717) is 5.11 Å². The molecule has 0 aliphatic rings. The Balaban J connectivity index is 1.62. The van der Waals surface area contributed by atoms with Crippen LogP contribution in [0, 0.1) is 5.41 Å². The van der Waals surface area contributed by atoms with Gasteiger partial charge in [-0.15, -0.1) is 11.3 Å². The van der Waals surface area contributed by atoms with Gasteiger partial charge in [-0.3, -0.25) is 0 Å². The van der Waals surface area contributed by atoms with Crippen LogP contribution in [0.25, 0.3) is 31.5 Å². The topological polar surface area (TPSA) is 49.8 Å². The van der Waals surface area contributed by atoms with Crippen molar-refractivity contribution in [3.63, 3.8) is 0 Å². The molecular formula is C23H26N4S2. The summed E-state index contributed by atoms with van der Waals surface area (Å²) in [6.07, 6.45) is 1.01. The van der Waals surface area contributed by atoms with Crippen molar-refractivity contribution in [2.75, 3.05) is 5.32 Å². The second-order valence-electron chi connectivity index (χ2n) is 9.38. The molecule has 6 heteroatoms. The van der Waals surface area contributed by atoms with Gasteiger partial charge in [0.15, 0.2) is 5.11 Å². The largest absolute Gasteiger partial charge is 0.358 e. The highest BCUT2D eigenvalue weighted by atomic mass is 32.1. The molecule has 0 aliphatic carbocycles. The van der Waals surface area contributed by atoms with Gasteiger partial charge in [-0.05, 0) is 68.2 Å². The Hall–Kier alpha value is -2.31. The summed E-state index contributed by atoms with van der Waals surface area (Å²) in [5.41, 5.74) is 3.87. The lowest BCUT2D eigenvalue weighted by Crippen LogP contribution is -2.47. The Labute approximate surface area is 180 Å². The number of benzene rings is 2. The smallest absolute Gasteiger partial charge is 0.171 e. The Bertz CT molecular complexity index is 1220. The summed E-state index contributed by atoms with van der Waals surface area (Å²) in [4.78, 5) is 10.6. The molecule has 0 spiro atoms. The number of hydrogen-bond acceptors (Lipinski definition) is 4. The maximum atomic E-state index is 5.59. The Morgan fingerprint density at radius 1 is 1.00 bits per heavy atom. The first kappa shape index (κ1) is 20.0. The fourth-order valence-corrected chi connectivity index (χ4v) is 5.46. The molecule has 0 bridgehead atoms. The number of fused-ring (bicyclic) bond motifs is 4. The first-order valence-electron chi connectivity index (χ1n) is 9.78. The number of aromatic nitrogens is 2. The van der Waals surface area contributed by atoms with Crippen molar-refractivity contribution in [1.82, 2.24) is 15.3 Å². The summed E-state index contributed by atoms with van der Waals surface area (Å²) in [5.74, 6) is 0. The average molecular weight is 423 g/mol. The van der Waals surface area contributed by atoms with E-state index in [1.165, 1.54) is 4.70 Å². The van der Waals surface area contributed by atoms with E-state index >= 15 is 0 Å². The van der Waals surface area contributed by atoms with E-state index < -0.39 is 0 Å². The quantitative estimate of drug-likeness (QED) is 0.369. The summed E-state index contributed by atoms with van der Waals surface area (Å²) in [6, 6.07) is 14.3. The Morgan fingerprint density at radius 3 is 2.38 bits per heavy atom. The van der Waals surface area contributed by atoms with E-state index in [0.717, 1.165) is 38.9 Å². The van der Waals surface area contributed by atoms with E-state index in [-0.39, 0.29) is 11.0 Å². The maximum absolute atomic E-state index is 5.59. The third kappa shape index (κ3) is 4.49. The molecule has 0 amide bonds. The number of anilines is 1. The second kappa shape index (κ2) is 7.18. The van der Waals surface area contributed by atoms with E-state index in [1.54, 1.807) is 11.3 Å². The van der Waals surface area contributed by atoms with E-state index in [1.807, 2.05) is 24.3 Å². The van der Waals surface area contributed by atoms with Crippen molar-refractivity contribution in [3.8, 4) is 0 Å². The number of thiophene rings is 1. The van der Waals surface area contributed by atoms with Crippen LogP contribution < -0.4 is 10.6 Å². The third-order valence-electron chi connectivity index (χ3n) is 4.66. The number of nitrogens with one attached hydrogen (secondary N) is 2. The highest BCUT2D eigenvalue weighted by Crippen LogP contribution is 2.34. The molecule has 4 nitrogen and oxygen atoms in total. The summed E-state index contributed by atoms with van der Waals surface area (Å²) < 4.78 is 1.17. The fourth-order valence-electron chi connectivity index (χ4n) is 4.06. The standard InChI is InChI=1S/C23H26N4S2/c1-22(2,3)13-23(4,5)27-21(28)24-14-10-11-18-15(12-14)19-20(29-18)26-17-9-7-6-8-16(17)25-19/h6-12H,13H2,1-5H3,(H2,24,27,28). The van der Waals surface area contributed by atoms with Crippen molar-refractivity contribution in [1.29, 1.82) is 0 Å². The van der Waals surface area contributed by atoms with Crippen LogP contribution in [-0.4, -0.2) is 20.6 Å². The number of rotatable bonds is 3. The van der Waals surface area contributed by atoms with Crippen LogP contribution in [0.2, 0.25) is 0 Å². The molecule has 2 aromatic heterocycles. The summed E-state index contributed by atoms with van der Waals surface area (Å²) in [6.45, 7) is 11.1. The lowest BCUT2D eigenvalue weighted by atomic mass is 9.82. The van der Waals surface area contributed by atoms with Crippen LogP contribution in [-0.2, 0) is 0 Å². The molecule has 0 unspecified atom stereocenters. The SMILES string of the molecule is CC(C)(C)CC(C)(C)NC(=S)Nc1ccc2sc3nc4ccccc4nc3c2c1. The molecule has 0 saturated carbocycles. The van der Waals surface area contributed by atoms with Crippen molar-refractivity contribution >= 4 is 65.8 Å². The lowest BCUT2D eigenvalue weighted by Gasteiger charge is -2.34. The molecule has 2 heterocycles. The van der Waals surface area contributed by atoms with E-state index in [2.05, 4.69) is 63.5 Å². The molecule has 0 aliphatic heterocycles. The zero-order valence-corrected chi connectivity index (χ0v) is 19.1. The molecule has 4 rings (SSSR count). The highest BCUT2D eigenvalue weighted by Gasteiger charge is 2.26. The van der Waals surface area contributed by atoms with Crippen LogP contribution in [0.3, 0.4) is 0 Å². The molecule has 2 N–H and O–H groups in total. The predicted octanol–water partition coefficient (Wildman–Crippen LogP) is 6.50. The second-order valence-corrected chi connectivity index (χ2v) is 10.8. The fraction of sp³-hybridized carbons (Fsp3) is 0.348. The van der Waals surface area contributed by atoms with Gasteiger partial charge >= 0.3 is 0 Å². The number of nitrogens with zero attached hydrogens (tertiary/aromatic N) is 2. The molecule has 0 fully saturated rings. The van der Waals surface area contributed by atoms with Gasteiger partial charge in [0.2, 0.25) is 0 Å². The highest BCUT2D eigenvalue weighted by molar-refractivity contribution is 7.80. The minimum atomic E-state index is -0.0914. The lowest BCUT2D eigenvalue weighted by molar-refractivity contribution is 0.268. The number of para-hydroxylation sites is 2. The normalized spacial score (nSPS) is 12.6. The molecule has 0 saturated heterocycles. The molecule has 2 aromatic carbocycles. The minimum Gasteiger partial charge on any atom is -0.358 e. The summed E-state index contributed by atoms with van der Waals surface area (Å²) >= 11 is 7.26. The first-order chi connectivity index (χ1) is 13.6.